The predicted octanol–water partition coefficient (Wildman–Crippen LogP) is 3.07. The Morgan fingerprint density at radius 3 is 2.29 bits per heavy atom. The molecule has 0 atom stereocenters. The average Bonchev–Trinajstić information content (AvgIpc) is 2.64. The Labute approximate surface area is 144 Å². The van der Waals surface area contributed by atoms with Crippen molar-refractivity contribution in [2.75, 3.05) is 37.6 Å². The molecule has 0 bridgehead atoms. The number of carbonyl (C=O) groups excluding carboxylic acids is 1. The molecule has 2 amide bonds. The van der Waals surface area contributed by atoms with E-state index in [1.54, 1.807) is 0 Å². The minimum absolute atomic E-state index is 0.0508. The highest BCUT2D eigenvalue weighted by atomic mass is 16.2. The molecule has 1 heterocycles. The van der Waals surface area contributed by atoms with Crippen molar-refractivity contribution in [3.63, 3.8) is 0 Å². The molecular weight excluding hydrogens is 298 g/mol. The maximum Gasteiger partial charge on any atom is 0.317 e. The van der Waals surface area contributed by atoms with E-state index in [-0.39, 0.29) is 6.03 Å². The third-order valence-electron chi connectivity index (χ3n) is 4.50. The summed E-state index contributed by atoms with van der Waals surface area (Å²) in [6.07, 6.45) is 0.871. The topological polar surface area (TPSA) is 35.6 Å². The maximum absolute atomic E-state index is 12.3. The molecule has 1 saturated heterocycles. The molecular formula is C20H25N3O. The third-order valence-corrected chi connectivity index (χ3v) is 4.50. The Morgan fingerprint density at radius 2 is 1.62 bits per heavy atom. The van der Waals surface area contributed by atoms with Gasteiger partial charge in [-0.25, -0.2) is 4.79 Å². The number of hydrogen-bond acceptors (Lipinski definition) is 2. The van der Waals surface area contributed by atoms with Gasteiger partial charge in [-0.05, 0) is 31.0 Å². The quantitative estimate of drug-likeness (QED) is 0.938. The summed E-state index contributed by atoms with van der Waals surface area (Å²) in [6, 6.07) is 18.9. The van der Waals surface area contributed by atoms with E-state index in [0.29, 0.717) is 6.54 Å². The van der Waals surface area contributed by atoms with Crippen LogP contribution >= 0.6 is 0 Å². The van der Waals surface area contributed by atoms with E-state index in [1.165, 1.54) is 16.8 Å². The fourth-order valence-electron chi connectivity index (χ4n) is 2.99. The van der Waals surface area contributed by atoms with Gasteiger partial charge in [0.2, 0.25) is 0 Å². The minimum atomic E-state index is 0.0508. The second-order valence-electron chi connectivity index (χ2n) is 6.28. The van der Waals surface area contributed by atoms with Crippen LogP contribution in [0.1, 0.15) is 11.1 Å². The molecule has 2 aromatic rings. The van der Waals surface area contributed by atoms with E-state index >= 15 is 0 Å². The number of anilines is 1. The Morgan fingerprint density at radius 1 is 0.958 bits per heavy atom. The number of urea groups is 1. The number of nitrogens with zero attached hydrogens (tertiary/aromatic N) is 2. The molecule has 2 aromatic carbocycles. The van der Waals surface area contributed by atoms with E-state index in [9.17, 15) is 4.79 Å². The van der Waals surface area contributed by atoms with Crippen molar-refractivity contribution in [1.82, 2.24) is 10.2 Å². The summed E-state index contributed by atoms with van der Waals surface area (Å²) in [6.45, 7) is 6.07. The number of amides is 2. The molecule has 4 heteroatoms. The summed E-state index contributed by atoms with van der Waals surface area (Å²) >= 11 is 0. The molecule has 24 heavy (non-hydrogen) atoms. The molecule has 4 nitrogen and oxygen atoms in total. The normalized spacial score (nSPS) is 14.5. The van der Waals surface area contributed by atoms with Crippen molar-refractivity contribution in [3.8, 4) is 0 Å². The van der Waals surface area contributed by atoms with Gasteiger partial charge in [-0.3, -0.25) is 0 Å². The highest BCUT2D eigenvalue weighted by Gasteiger charge is 2.20. The molecule has 0 aromatic heterocycles. The van der Waals surface area contributed by atoms with Crippen molar-refractivity contribution in [1.29, 1.82) is 0 Å². The number of rotatable bonds is 4. The molecule has 3 rings (SSSR count). The monoisotopic (exact) mass is 323 g/mol. The number of hydrogen-bond donors (Lipinski definition) is 1. The van der Waals surface area contributed by atoms with Crippen LogP contribution in [0.2, 0.25) is 0 Å². The predicted molar refractivity (Wildman–Crippen MR) is 98.5 cm³/mol. The SMILES string of the molecule is Cc1ccc(CCNC(=O)N2CCN(c3ccccc3)CC2)cc1. The van der Waals surface area contributed by atoms with Crippen LogP contribution in [0.15, 0.2) is 54.6 Å². The Kier molecular flexibility index (Phi) is 5.36. The van der Waals surface area contributed by atoms with Gasteiger partial charge in [0.1, 0.15) is 0 Å². The zero-order chi connectivity index (χ0) is 16.8. The number of para-hydroxylation sites is 1. The second kappa shape index (κ2) is 7.86. The summed E-state index contributed by atoms with van der Waals surface area (Å²) in [5.74, 6) is 0. The van der Waals surface area contributed by atoms with E-state index < -0.39 is 0 Å². The van der Waals surface area contributed by atoms with Crippen LogP contribution in [0, 0.1) is 6.92 Å². The molecule has 1 fully saturated rings. The largest absolute Gasteiger partial charge is 0.368 e. The fourth-order valence-corrected chi connectivity index (χ4v) is 2.99. The molecule has 0 spiro atoms. The van der Waals surface area contributed by atoms with E-state index in [0.717, 1.165) is 32.6 Å². The smallest absolute Gasteiger partial charge is 0.317 e. The summed E-state index contributed by atoms with van der Waals surface area (Å²) in [4.78, 5) is 16.5. The van der Waals surface area contributed by atoms with Gasteiger partial charge >= 0.3 is 6.03 Å². The lowest BCUT2D eigenvalue weighted by molar-refractivity contribution is 0.194. The van der Waals surface area contributed by atoms with Gasteiger partial charge in [0.15, 0.2) is 0 Å². The number of benzene rings is 2. The highest BCUT2D eigenvalue weighted by molar-refractivity contribution is 5.74. The molecule has 0 unspecified atom stereocenters. The first kappa shape index (κ1) is 16.4. The Balaban J connectivity index is 1.41. The standard InChI is InChI=1S/C20H25N3O/c1-17-7-9-18(10-8-17)11-12-21-20(24)23-15-13-22(14-16-23)19-5-3-2-4-6-19/h2-10H,11-16H2,1H3,(H,21,24). The van der Waals surface area contributed by atoms with Crippen LogP contribution in [0.4, 0.5) is 10.5 Å². The van der Waals surface area contributed by atoms with Crippen molar-refractivity contribution in [2.45, 2.75) is 13.3 Å². The first-order chi connectivity index (χ1) is 11.7. The van der Waals surface area contributed by atoms with Gasteiger partial charge in [0, 0.05) is 38.4 Å². The van der Waals surface area contributed by atoms with Crippen molar-refractivity contribution < 1.29 is 4.79 Å². The van der Waals surface area contributed by atoms with Crippen LogP contribution in [0.3, 0.4) is 0 Å². The van der Waals surface area contributed by atoms with Gasteiger partial charge in [-0.1, -0.05) is 48.0 Å². The molecule has 126 valence electrons. The minimum Gasteiger partial charge on any atom is -0.368 e. The zero-order valence-corrected chi connectivity index (χ0v) is 14.2. The first-order valence-corrected chi connectivity index (χ1v) is 8.61. The van der Waals surface area contributed by atoms with Crippen LogP contribution in [-0.4, -0.2) is 43.7 Å². The van der Waals surface area contributed by atoms with Crippen LogP contribution in [0.25, 0.3) is 0 Å². The van der Waals surface area contributed by atoms with Gasteiger partial charge in [-0.15, -0.1) is 0 Å². The summed E-state index contributed by atoms with van der Waals surface area (Å²) in [5, 5.41) is 3.04. The van der Waals surface area contributed by atoms with E-state index in [2.05, 4.69) is 65.7 Å². The first-order valence-electron chi connectivity index (χ1n) is 8.61. The molecule has 0 aliphatic carbocycles. The number of aryl methyl sites for hydroxylation is 1. The molecule has 1 aliphatic heterocycles. The zero-order valence-electron chi connectivity index (χ0n) is 14.2. The van der Waals surface area contributed by atoms with Crippen molar-refractivity contribution in [2.24, 2.45) is 0 Å². The van der Waals surface area contributed by atoms with E-state index in [4.69, 9.17) is 0 Å². The van der Waals surface area contributed by atoms with Crippen LogP contribution < -0.4 is 10.2 Å². The number of nitrogens with one attached hydrogen (secondary N) is 1. The van der Waals surface area contributed by atoms with Gasteiger partial charge in [0.25, 0.3) is 0 Å². The average molecular weight is 323 g/mol. The third kappa shape index (κ3) is 4.28. The lowest BCUT2D eigenvalue weighted by Crippen LogP contribution is -2.52. The maximum atomic E-state index is 12.3. The van der Waals surface area contributed by atoms with Crippen molar-refractivity contribution >= 4 is 11.7 Å². The fraction of sp³-hybridized carbons (Fsp3) is 0.350. The van der Waals surface area contributed by atoms with Gasteiger partial charge < -0.3 is 15.1 Å². The van der Waals surface area contributed by atoms with Crippen LogP contribution in [-0.2, 0) is 6.42 Å². The molecule has 1 N–H and O–H groups in total. The van der Waals surface area contributed by atoms with Gasteiger partial charge in [-0.2, -0.15) is 0 Å². The summed E-state index contributed by atoms with van der Waals surface area (Å²) in [7, 11) is 0. The van der Waals surface area contributed by atoms with E-state index in [1.807, 2.05) is 11.0 Å². The summed E-state index contributed by atoms with van der Waals surface area (Å²) < 4.78 is 0. The summed E-state index contributed by atoms with van der Waals surface area (Å²) in [5.41, 5.74) is 3.76. The van der Waals surface area contributed by atoms with Gasteiger partial charge in [0.05, 0.1) is 0 Å². The second-order valence-corrected chi connectivity index (χ2v) is 6.28. The lowest BCUT2D eigenvalue weighted by Gasteiger charge is -2.36. The highest BCUT2D eigenvalue weighted by Crippen LogP contribution is 2.15. The molecule has 0 radical (unpaired) electrons. The molecule has 1 aliphatic rings. The number of piperazine rings is 1. The van der Waals surface area contributed by atoms with Crippen molar-refractivity contribution in [3.05, 3.63) is 65.7 Å². The lowest BCUT2D eigenvalue weighted by atomic mass is 10.1. The van der Waals surface area contributed by atoms with Crippen LogP contribution in [0.5, 0.6) is 0 Å². The molecule has 0 saturated carbocycles. The number of carbonyl (C=O) groups is 1. The Hall–Kier alpha value is -2.49. The Bertz CT molecular complexity index is 646.